The van der Waals surface area contributed by atoms with E-state index in [1.807, 2.05) is 42.5 Å². The third kappa shape index (κ3) is 4.02. The number of carbonyl (C=O) groups is 2. The van der Waals surface area contributed by atoms with Crippen LogP contribution >= 0.6 is 0 Å². The van der Waals surface area contributed by atoms with Crippen LogP contribution in [0.2, 0.25) is 0 Å². The number of nitrogens with two attached hydrogens (primary N) is 1. The summed E-state index contributed by atoms with van der Waals surface area (Å²) in [5.74, 6) is -0.931. The molecule has 0 unspecified atom stereocenters. The molecule has 0 aliphatic heterocycles. The summed E-state index contributed by atoms with van der Waals surface area (Å²) >= 11 is 0. The second-order valence-electron chi connectivity index (χ2n) is 6.89. The summed E-state index contributed by atoms with van der Waals surface area (Å²) in [6, 6.07) is 19.7. The Bertz CT molecular complexity index is 1320. The Morgan fingerprint density at radius 2 is 1.77 bits per heavy atom. The third-order valence-electron chi connectivity index (χ3n) is 4.92. The number of hydrogen-bond acceptors (Lipinski definition) is 5. The van der Waals surface area contributed by atoms with Gasteiger partial charge in [0, 0.05) is 17.3 Å². The number of hydrogen-bond donors (Lipinski definition) is 3. The van der Waals surface area contributed by atoms with Crippen LogP contribution in [0.4, 0.5) is 11.4 Å². The summed E-state index contributed by atoms with van der Waals surface area (Å²) < 4.78 is 5.30. The molecule has 3 aromatic carbocycles. The van der Waals surface area contributed by atoms with E-state index in [1.165, 1.54) is 18.3 Å². The highest BCUT2D eigenvalue weighted by Gasteiger charge is 2.15. The molecule has 0 aliphatic rings. The van der Waals surface area contributed by atoms with Gasteiger partial charge in [0.25, 0.3) is 5.91 Å². The molecule has 1 aromatic heterocycles. The first-order valence-electron chi connectivity index (χ1n) is 9.43. The van der Waals surface area contributed by atoms with Crippen LogP contribution in [0.25, 0.3) is 22.0 Å². The summed E-state index contributed by atoms with van der Waals surface area (Å²) in [4.78, 5) is 27.7. The van der Waals surface area contributed by atoms with E-state index < -0.39 is 11.9 Å². The Morgan fingerprint density at radius 3 is 2.52 bits per heavy atom. The van der Waals surface area contributed by atoms with E-state index in [4.69, 9.17) is 10.5 Å². The number of nitrogens with one attached hydrogen (secondary N) is 1. The summed E-state index contributed by atoms with van der Waals surface area (Å²) in [5, 5.41) is 13.1. The summed E-state index contributed by atoms with van der Waals surface area (Å²) in [6.45, 7) is 0. The van der Waals surface area contributed by atoms with Crippen molar-refractivity contribution >= 4 is 34.2 Å². The predicted molar refractivity (Wildman–Crippen MR) is 119 cm³/mol. The number of fused-ring (bicyclic) bond motifs is 1. The predicted octanol–water partition coefficient (Wildman–Crippen LogP) is 4.45. The highest BCUT2D eigenvalue weighted by molar-refractivity contribution is 6.08. The molecule has 4 N–H and O–H groups in total. The molecular formula is C24H19N3O4. The van der Waals surface area contributed by atoms with Crippen LogP contribution < -0.4 is 15.8 Å². The second kappa shape index (κ2) is 8.16. The van der Waals surface area contributed by atoms with Crippen LogP contribution in [0.15, 0.2) is 72.9 Å². The lowest BCUT2D eigenvalue weighted by Gasteiger charge is -2.14. The smallest absolute Gasteiger partial charge is 0.335 e. The Morgan fingerprint density at radius 1 is 1.00 bits per heavy atom. The van der Waals surface area contributed by atoms with Crippen LogP contribution in [-0.4, -0.2) is 29.1 Å². The van der Waals surface area contributed by atoms with Crippen molar-refractivity contribution in [1.82, 2.24) is 4.98 Å². The molecule has 7 nitrogen and oxygen atoms in total. The molecule has 0 fully saturated rings. The largest absolute Gasteiger partial charge is 0.497 e. The van der Waals surface area contributed by atoms with E-state index in [0.29, 0.717) is 22.3 Å². The van der Waals surface area contributed by atoms with Gasteiger partial charge in [-0.1, -0.05) is 30.3 Å². The molecule has 7 heteroatoms. The third-order valence-corrected chi connectivity index (χ3v) is 4.92. The van der Waals surface area contributed by atoms with Crippen molar-refractivity contribution in [2.24, 2.45) is 5.73 Å². The van der Waals surface area contributed by atoms with Crippen molar-refractivity contribution < 1.29 is 19.4 Å². The lowest BCUT2D eigenvalue weighted by molar-refractivity contribution is 0.0696. The zero-order chi connectivity index (χ0) is 22.0. The number of amides is 1. The molecule has 154 valence electrons. The van der Waals surface area contributed by atoms with Crippen molar-refractivity contribution in [3.63, 3.8) is 0 Å². The topological polar surface area (TPSA) is 115 Å². The van der Waals surface area contributed by atoms with Crippen molar-refractivity contribution in [2.45, 2.75) is 0 Å². The highest BCUT2D eigenvalue weighted by Crippen LogP contribution is 2.33. The number of carbonyl (C=O) groups excluding carboxylic acids is 1. The van der Waals surface area contributed by atoms with E-state index in [0.717, 1.165) is 16.9 Å². The molecule has 0 bridgehead atoms. The second-order valence-corrected chi connectivity index (χ2v) is 6.89. The Hall–Kier alpha value is -4.39. The fourth-order valence-corrected chi connectivity index (χ4v) is 3.37. The molecule has 0 saturated heterocycles. The maximum absolute atomic E-state index is 12.0. The van der Waals surface area contributed by atoms with E-state index in [-0.39, 0.29) is 11.1 Å². The van der Waals surface area contributed by atoms with Crippen LogP contribution in [0, 0.1) is 0 Å². The first kappa shape index (κ1) is 19.9. The number of pyridine rings is 1. The number of primary amides is 1. The Labute approximate surface area is 178 Å². The number of ether oxygens (including phenoxy) is 1. The zero-order valence-corrected chi connectivity index (χ0v) is 16.6. The minimum absolute atomic E-state index is 0.129. The van der Waals surface area contributed by atoms with Crippen molar-refractivity contribution in [3.05, 3.63) is 84.1 Å². The van der Waals surface area contributed by atoms with E-state index in [1.54, 1.807) is 19.2 Å². The number of benzene rings is 3. The van der Waals surface area contributed by atoms with Gasteiger partial charge in [-0.3, -0.25) is 9.78 Å². The number of aromatic nitrogens is 1. The molecule has 0 saturated carbocycles. The minimum atomic E-state index is -1.04. The fraction of sp³-hybridized carbons (Fsp3) is 0.0417. The van der Waals surface area contributed by atoms with Crippen LogP contribution in [-0.2, 0) is 0 Å². The highest BCUT2D eigenvalue weighted by atomic mass is 16.5. The van der Waals surface area contributed by atoms with Gasteiger partial charge < -0.3 is 20.9 Å². The molecule has 0 aliphatic carbocycles. The van der Waals surface area contributed by atoms with E-state index in [2.05, 4.69) is 10.3 Å². The van der Waals surface area contributed by atoms with Gasteiger partial charge >= 0.3 is 5.97 Å². The van der Waals surface area contributed by atoms with Gasteiger partial charge in [-0.25, -0.2) is 4.79 Å². The number of rotatable bonds is 6. The zero-order valence-electron chi connectivity index (χ0n) is 16.6. The molecular weight excluding hydrogens is 394 g/mol. The van der Waals surface area contributed by atoms with E-state index in [9.17, 15) is 14.7 Å². The average molecular weight is 413 g/mol. The van der Waals surface area contributed by atoms with Crippen molar-refractivity contribution in [3.8, 4) is 16.9 Å². The minimum Gasteiger partial charge on any atom is -0.497 e. The maximum atomic E-state index is 12.0. The molecule has 31 heavy (non-hydrogen) atoms. The number of carboxylic acids is 1. The molecule has 0 radical (unpaired) electrons. The SMILES string of the molecule is COc1cccc(-c2ccc3c(Nc4cccc(C(=O)O)c4)c(C(N)=O)cnc3c2)c1. The standard InChI is InChI=1S/C24H19N3O4/c1-31-18-7-3-4-14(11-18)15-8-9-19-21(12-15)26-13-20(23(25)28)22(19)27-17-6-2-5-16(10-17)24(29)30/h2-13H,1H3,(H2,25,28)(H,26,27)(H,29,30). The summed E-state index contributed by atoms with van der Waals surface area (Å²) in [5.41, 5.74) is 9.45. The number of anilines is 2. The number of methoxy groups -OCH3 is 1. The van der Waals surface area contributed by atoms with Gasteiger partial charge in [0.2, 0.25) is 0 Å². The lowest BCUT2D eigenvalue weighted by atomic mass is 10.0. The molecule has 0 atom stereocenters. The maximum Gasteiger partial charge on any atom is 0.335 e. The lowest BCUT2D eigenvalue weighted by Crippen LogP contribution is -2.14. The van der Waals surface area contributed by atoms with Crippen molar-refractivity contribution in [2.75, 3.05) is 12.4 Å². The number of aromatic carboxylic acids is 1. The van der Waals surface area contributed by atoms with Gasteiger partial charge in [-0.05, 0) is 47.5 Å². The monoisotopic (exact) mass is 413 g/mol. The van der Waals surface area contributed by atoms with Gasteiger partial charge in [-0.2, -0.15) is 0 Å². The van der Waals surface area contributed by atoms with Gasteiger partial charge in [-0.15, -0.1) is 0 Å². The Kier molecular flexibility index (Phi) is 5.24. The first-order valence-corrected chi connectivity index (χ1v) is 9.43. The quantitative estimate of drug-likeness (QED) is 0.430. The molecule has 4 aromatic rings. The molecule has 1 amide bonds. The summed E-state index contributed by atoms with van der Waals surface area (Å²) in [6.07, 6.45) is 1.42. The van der Waals surface area contributed by atoms with Gasteiger partial charge in [0.15, 0.2) is 0 Å². The van der Waals surface area contributed by atoms with Crippen LogP contribution in [0.5, 0.6) is 5.75 Å². The molecule has 1 heterocycles. The van der Waals surface area contributed by atoms with E-state index >= 15 is 0 Å². The normalized spacial score (nSPS) is 10.6. The fourth-order valence-electron chi connectivity index (χ4n) is 3.37. The molecule has 0 spiro atoms. The first-order chi connectivity index (χ1) is 15.0. The van der Waals surface area contributed by atoms with Crippen molar-refractivity contribution in [1.29, 1.82) is 0 Å². The van der Waals surface area contributed by atoms with Gasteiger partial charge in [0.05, 0.1) is 29.4 Å². The molecule has 4 rings (SSSR count). The Balaban J connectivity index is 1.83. The van der Waals surface area contributed by atoms with Crippen LogP contribution in [0.3, 0.4) is 0 Å². The van der Waals surface area contributed by atoms with Gasteiger partial charge in [0.1, 0.15) is 5.75 Å². The number of nitrogens with zero attached hydrogens (tertiary/aromatic N) is 1. The number of carboxylic acid groups (broad SMARTS) is 1. The van der Waals surface area contributed by atoms with Crippen LogP contribution in [0.1, 0.15) is 20.7 Å². The average Bonchev–Trinajstić information content (AvgIpc) is 2.79. The summed E-state index contributed by atoms with van der Waals surface area (Å²) in [7, 11) is 1.61.